The largest absolute Gasteiger partial charge is 0.379 e. The second kappa shape index (κ2) is 9.84. The van der Waals surface area contributed by atoms with Gasteiger partial charge in [-0.25, -0.2) is 0 Å². The summed E-state index contributed by atoms with van der Waals surface area (Å²) in [4.78, 5) is 18.4. The zero-order valence-electron chi connectivity index (χ0n) is 16.7. The van der Waals surface area contributed by atoms with Gasteiger partial charge in [0.2, 0.25) is 5.91 Å². The van der Waals surface area contributed by atoms with Crippen molar-refractivity contribution in [1.82, 2.24) is 15.2 Å². The van der Waals surface area contributed by atoms with Crippen LogP contribution in [0.1, 0.15) is 23.5 Å². The van der Waals surface area contributed by atoms with Crippen molar-refractivity contribution in [2.45, 2.75) is 12.3 Å². The van der Waals surface area contributed by atoms with E-state index in [0.717, 1.165) is 54.9 Å². The van der Waals surface area contributed by atoms with Crippen molar-refractivity contribution in [2.24, 2.45) is 0 Å². The average molecular weight is 446 g/mol. The van der Waals surface area contributed by atoms with E-state index in [1.54, 1.807) is 0 Å². The number of rotatable bonds is 7. The number of H-pyrrole nitrogens is 1. The molecule has 5 nitrogen and oxygen atoms in total. The molecule has 1 fully saturated rings. The fourth-order valence-electron chi connectivity index (χ4n) is 3.94. The third-order valence-electron chi connectivity index (χ3n) is 5.57. The van der Waals surface area contributed by atoms with Gasteiger partial charge in [0, 0.05) is 65.7 Å². The van der Waals surface area contributed by atoms with Gasteiger partial charge in [-0.3, -0.25) is 9.69 Å². The lowest BCUT2D eigenvalue weighted by molar-refractivity contribution is -0.121. The maximum absolute atomic E-state index is 12.8. The van der Waals surface area contributed by atoms with Crippen LogP contribution in [0.25, 0.3) is 10.9 Å². The first-order valence-electron chi connectivity index (χ1n) is 10.2. The minimum atomic E-state index is -0.0992. The van der Waals surface area contributed by atoms with Gasteiger partial charge in [0.15, 0.2) is 0 Å². The molecule has 2 N–H and O–H groups in total. The third kappa shape index (κ3) is 5.16. The number of halogens is 2. The summed E-state index contributed by atoms with van der Waals surface area (Å²) in [7, 11) is 0. The van der Waals surface area contributed by atoms with E-state index >= 15 is 0 Å². The van der Waals surface area contributed by atoms with Gasteiger partial charge >= 0.3 is 0 Å². The van der Waals surface area contributed by atoms with Crippen molar-refractivity contribution in [3.05, 3.63) is 69.8 Å². The number of morpholine rings is 1. The first-order valence-corrected chi connectivity index (χ1v) is 10.9. The Kier molecular flexibility index (Phi) is 6.95. The van der Waals surface area contributed by atoms with Crippen LogP contribution in [0.2, 0.25) is 10.0 Å². The van der Waals surface area contributed by atoms with Crippen molar-refractivity contribution in [3.63, 3.8) is 0 Å². The number of amides is 1. The Morgan fingerprint density at radius 1 is 1.10 bits per heavy atom. The van der Waals surface area contributed by atoms with Crippen LogP contribution < -0.4 is 5.32 Å². The van der Waals surface area contributed by atoms with Crippen LogP contribution >= 0.6 is 23.2 Å². The van der Waals surface area contributed by atoms with Gasteiger partial charge in [-0.05, 0) is 41.5 Å². The van der Waals surface area contributed by atoms with E-state index in [4.69, 9.17) is 27.9 Å². The molecular weight excluding hydrogens is 421 g/mol. The maximum Gasteiger partial charge on any atom is 0.220 e. The van der Waals surface area contributed by atoms with Gasteiger partial charge in [-0.15, -0.1) is 0 Å². The normalized spacial score (nSPS) is 15.9. The minimum Gasteiger partial charge on any atom is -0.379 e. The smallest absolute Gasteiger partial charge is 0.220 e. The van der Waals surface area contributed by atoms with Crippen LogP contribution in [0.4, 0.5) is 0 Å². The molecule has 1 aliphatic heterocycles. The molecule has 1 aromatic heterocycles. The molecule has 0 bridgehead atoms. The maximum atomic E-state index is 12.8. The van der Waals surface area contributed by atoms with Crippen LogP contribution in [0.15, 0.2) is 48.7 Å². The molecule has 7 heteroatoms. The van der Waals surface area contributed by atoms with Crippen molar-refractivity contribution in [1.29, 1.82) is 0 Å². The molecule has 2 aromatic carbocycles. The van der Waals surface area contributed by atoms with Crippen molar-refractivity contribution in [2.75, 3.05) is 39.4 Å². The Morgan fingerprint density at radius 2 is 1.83 bits per heavy atom. The van der Waals surface area contributed by atoms with Crippen LogP contribution in [-0.2, 0) is 9.53 Å². The summed E-state index contributed by atoms with van der Waals surface area (Å²) in [6, 6.07) is 13.5. The van der Waals surface area contributed by atoms with E-state index in [0.29, 0.717) is 23.0 Å². The summed E-state index contributed by atoms with van der Waals surface area (Å²) >= 11 is 12.3. The summed E-state index contributed by atoms with van der Waals surface area (Å²) in [6.07, 6.45) is 2.32. The van der Waals surface area contributed by atoms with E-state index in [1.807, 2.05) is 48.7 Å². The van der Waals surface area contributed by atoms with Gasteiger partial charge in [-0.1, -0.05) is 35.3 Å². The highest BCUT2D eigenvalue weighted by Crippen LogP contribution is 2.35. The fraction of sp³-hybridized carbons (Fsp3) is 0.348. The number of fused-ring (bicyclic) bond motifs is 1. The Balaban J connectivity index is 1.51. The molecule has 1 saturated heterocycles. The lowest BCUT2D eigenvalue weighted by Gasteiger charge is -2.26. The molecule has 1 aliphatic rings. The van der Waals surface area contributed by atoms with E-state index in [2.05, 4.69) is 15.2 Å². The van der Waals surface area contributed by atoms with Gasteiger partial charge in [0.05, 0.1) is 13.2 Å². The zero-order chi connectivity index (χ0) is 20.9. The average Bonchev–Trinajstić information content (AvgIpc) is 3.16. The fourth-order valence-corrected chi connectivity index (χ4v) is 4.24. The number of nitrogens with zero attached hydrogens (tertiary/aromatic N) is 1. The highest BCUT2D eigenvalue weighted by atomic mass is 35.5. The molecule has 1 atom stereocenters. The highest BCUT2D eigenvalue weighted by molar-refractivity contribution is 6.31. The van der Waals surface area contributed by atoms with Crippen LogP contribution in [0.5, 0.6) is 0 Å². The molecular formula is C23H25Cl2N3O2. The van der Waals surface area contributed by atoms with E-state index < -0.39 is 0 Å². The van der Waals surface area contributed by atoms with Gasteiger partial charge in [-0.2, -0.15) is 0 Å². The number of hydrogen-bond donors (Lipinski definition) is 2. The van der Waals surface area contributed by atoms with E-state index in [1.165, 1.54) is 0 Å². The summed E-state index contributed by atoms with van der Waals surface area (Å²) in [5, 5.41) is 5.46. The van der Waals surface area contributed by atoms with E-state index in [9.17, 15) is 4.79 Å². The lowest BCUT2D eigenvalue weighted by atomic mass is 9.88. The molecule has 30 heavy (non-hydrogen) atoms. The first kappa shape index (κ1) is 21.2. The van der Waals surface area contributed by atoms with Crippen LogP contribution in [0, 0.1) is 0 Å². The summed E-state index contributed by atoms with van der Waals surface area (Å²) in [5.41, 5.74) is 3.10. The predicted octanol–water partition coefficient (Wildman–Crippen LogP) is 4.45. The molecule has 0 saturated carbocycles. The zero-order valence-corrected chi connectivity index (χ0v) is 18.2. The first-order chi connectivity index (χ1) is 14.6. The lowest BCUT2D eigenvalue weighted by Crippen LogP contribution is -2.41. The Labute approximate surface area is 186 Å². The number of carbonyl (C=O) groups is 1. The summed E-state index contributed by atoms with van der Waals surface area (Å²) < 4.78 is 5.37. The van der Waals surface area contributed by atoms with Crippen molar-refractivity contribution >= 4 is 40.0 Å². The Bertz CT molecular complexity index is 997. The Morgan fingerprint density at radius 3 is 2.60 bits per heavy atom. The minimum absolute atomic E-state index is 0.0274. The second-order valence-corrected chi connectivity index (χ2v) is 8.42. The number of hydrogen-bond acceptors (Lipinski definition) is 3. The van der Waals surface area contributed by atoms with Gasteiger partial charge in [0.25, 0.3) is 0 Å². The molecule has 0 radical (unpaired) electrons. The number of aromatic nitrogens is 1. The standard InChI is InChI=1S/C23H25Cl2N3O2/c24-17-3-1-16(2-4-17)19(21-15-27-22-6-5-18(25)13-20(21)22)14-23(29)26-7-8-28-9-11-30-12-10-28/h1-6,13,15,19,27H,7-12,14H2,(H,26,29)/t19-/m0/s1. The second-order valence-electron chi connectivity index (χ2n) is 7.55. The number of nitrogens with one attached hydrogen (secondary N) is 2. The van der Waals surface area contributed by atoms with E-state index in [-0.39, 0.29) is 11.8 Å². The molecule has 0 aliphatic carbocycles. The molecule has 4 rings (SSSR count). The van der Waals surface area contributed by atoms with Crippen molar-refractivity contribution in [3.8, 4) is 0 Å². The predicted molar refractivity (Wildman–Crippen MR) is 121 cm³/mol. The van der Waals surface area contributed by atoms with Gasteiger partial charge < -0.3 is 15.0 Å². The molecule has 0 spiro atoms. The number of ether oxygens (including phenoxy) is 1. The molecule has 2 heterocycles. The quantitative estimate of drug-likeness (QED) is 0.564. The van der Waals surface area contributed by atoms with Gasteiger partial charge in [0.1, 0.15) is 0 Å². The molecule has 3 aromatic rings. The van der Waals surface area contributed by atoms with Crippen LogP contribution in [0.3, 0.4) is 0 Å². The summed E-state index contributed by atoms with van der Waals surface area (Å²) in [5.74, 6) is -0.0718. The van der Waals surface area contributed by atoms with Crippen molar-refractivity contribution < 1.29 is 9.53 Å². The SMILES string of the molecule is O=C(C[C@@H](c1ccc(Cl)cc1)c1c[nH]c2ccc(Cl)cc12)NCCN1CCOCC1. The molecule has 1 amide bonds. The monoisotopic (exact) mass is 445 g/mol. The summed E-state index contributed by atoms with van der Waals surface area (Å²) in [6.45, 7) is 4.82. The topological polar surface area (TPSA) is 57.4 Å². The number of aromatic amines is 1. The molecule has 0 unspecified atom stereocenters. The highest BCUT2D eigenvalue weighted by Gasteiger charge is 2.22. The van der Waals surface area contributed by atoms with Crippen LogP contribution in [-0.4, -0.2) is 55.2 Å². The number of benzene rings is 2. The number of carbonyl (C=O) groups excluding carboxylic acids is 1. The third-order valence-corrected chi connectivity index (χ3v) is 6.05. The Hall–Kier alpha value is -2.05. The molecule has 158 valence electrons.